The zero-order chi connectivity index (χ0) is 15.9. The molecule has 1 aliphatic rings. The normalized spacial score (nSPS) is 17.8. The van der Waals surface area contributed by atoms with E-state index >= 15 is 0 Å². The summed E-state index contributed by atoms with van der Waals surface area (Å²) in [6.45, 7) is 4.24. The second-order valence-corrected chi connectivity index (χ2v) is 5.66. The molecule has 1 aromatic carbocycles. The molecular weight excluding hydrogens is 304 g/mol. The van der Waals surface area contributed by atoms with Gasteiger partial charge in [0, 0.05) is 43.4 Å². The Morgan fingerprint density at radius 3 is 2.82 bits per heavy atom. The molecule has 2 rings (SSSR count). The van der Waals surface area contributed by atoms with Gasteiger partial charge in [-0.15, -0.1) is 0 Å². The maximum atomic E-state index is 12.1. The molecule has 0 aromatic heterocycles. The molecular formula is C16H21ClN2O3. The Balaban J connectivity index is 1.83. The Labute approximate surface area is 135 Å². The molecule has 1 atom stereocenters. The van der Waals surface area contributed by atoms with Crippen LogP contribution in [0.4, 0.5) is 5.69 Å². The van der Waals surface area contributed by atoms with Gasteiger partial charge in [0.25, 0.3) is 0 Å². The molecule has 1 N–H and O–H groups in total. The van der Waals surface area contributed by atoms with Crippen molar-refractivity contribution < 1.29 is 14.3 Å². The maximum absolute atomic E-state index is 12.1. The summed E-state index contributed by atoms with van der Waals surface area (Å²) < 4.78 is 5.22. The van der Waals surface area contributed by atoms with Crippen molar-refractivity contribution in [2.45, 2.75) is 19.8 Å². The molecule has 1 aromatic rings. The summed E-state index contributed by atoms with van der Waals surface area (Å²) >= 11 is 5.85. The number of anilines is 1. The maximum Gasteiger partial charge on any atom is 0.227 e. The van der Waals surface area contributed by atoms with Gasteiger partial charge in [-0.3, -0.25) is 9.59 Å². The second-order valence-electron chi connectivity index (χ2n) is 5.22. The van der Waals surface area contributed by atoms with E-state index in [4.69, 9.17) is 16.3 Å². The first kappa shape index (κ1) is 16.8. The second kappa shape index (κ2) is 8.15. The lowest BCUT2D eigenvalue weighted by atomic mass is 10.1. The standard InChI is InChI=1S/C16H21ClN2O3/c1-2-22-9-3-8-18-16(21)12-10-15(20)19(11-12)14-6-4-13(17)5-7-14/h4-7,12H,2-3,8-11H2,1H3,(H,18,21). The number of rotatable bonds is 7. The fourth-order valence-corrected chi connectivity index (χ4v) is 2.55. The van der Waals surface area contributed by atoms with E-state index in [1.807, 2.05) is 6.92 Å². The zero-order valence-electron chi connectivity index (χ0n) is 12.7. The van der Waals surface area contributed by atoms with E-state index in [1.165, 1.54) is 0 Å². The smallest absolute Gasteiger partial charge is 0.227 e. The van der Waals surface area contributed by atoms with Gasteiger partial charge in [-0.2, -0.15) is 0 Å². The van der Waals surface area contributed by atoms with Crippen LogP contribution in [-0.4, -0.2) is 38.1 Å². The lowest BCUT2D eigenvalue weighted by molar-refractivity contribution is -0.126. The molecule has 0 radical (unpaired) electrons. The predicted molar refractivity (Wildman–Crippen MR) is 86.0 cm³/mol. The van der Waals surface area contributed by atoms with E-state index in [0.717, 1.165) is 12.1 Å². The van der Waals surface area contributed by atoms with Gasteiger partial charge in [0.05, 0.1) is 5.92 Å². The van der Waals surface area contributed by atoms with E-state index in [1.54, 1.807) is 29.2 Å². The van der Waals surface area contributed by atoms with Gasteiger partial charge in [-0.1, -0.05) is 11.6 Å². The fourth-order valence-electron chi connectivity index (χ4n) is 2.43. The lowest BCUT2D eigenvalue weighted by Gasteiger charge is -2.16. The summed E-state index contributed by atoms with van der Waals surface area (Å²) in [7, 11) is 0. The predicted octanol–water partition coefficient (Wildman–Crippen LogP) is 2.24. The van der Waals surface area contributed by atoms with E-state index < -0.39 is 0 Å². The van der Waals surface area contributed by atoms with Crippen LogP contribution in [0.25, 0.3) is 0 Å². The molecule has 6 heteroatoms. The van der Waals surface area contributed by atoms with Crippen molar-refractivity contribution in [1.29, 1.82) is 0 Å². The van der Waals surface area contributed by atoms with Crippen molar-refractivity contribution in [3.8, 4) is 0 Å². The molecule has 22 heavy (non-hydrogen) atoms. The summed E-state index contributed by atoms with van der Waals surface area (Å²) in [6.07, 6.45) is 1.03. The van der Waals surface area contributed by atoms with Crippen molar-refractivity contribution in [3.05, 3.63) is 29.3 Å². The van der Waals surface area contributed by atoms with E-state index in [9.17, 15) is 9.59 Å². The van der Waals surface area contributed by atoms with E-state index in [0.29, 0.717) is 31.3 Å². The van der Waals surface area contributed by atoms with Crippen LogP contribution in [0.5, 0.6) is 0 Å². The largest absolute Gasteiger partial charge is 0.382 e. The lowest BCUT2D eigenvalue weighted by Crippen LogP contribution is -2.33. The Kier molecular flexibility index (Phi) is 6.21. The number of amides is 2. The first-order chi connectivity index (χ1) is 10.6. The Bertz CT molecular complexity index is 519. The third-order valence-corrected chi connectivity index (χ3v) is 3.85. The third-order valence-electron chi connectivity index (χ3n) is 3.60. The highest BCUT2D eigenvalue weighted by molar-refractivity contribution is 6.30. The van der Waals surface area contributed by atoms with E-state index in [2.05, 4.69) is 5.32 Å². The van der Waals surface area contributed by atoms with Crippen molar-refractivity contribution in [3.63, 3.8) is 0 Å². The van der Waals surface area contributed by atoms with Crippen molar-refractivity contribution in [2.75, 3.05) is 31.2 Å². The fraction of sp³-hybridized carbons (Fsp3) is 0.500. The number of halogens is 1. The molecule has 1 unspecified atom stereocenters. The molecule has 120 valence electrons. The number of carbonyl (C=O) groups excluding carboxylic acids is 2. The van der Waals surface area contributed by atoms with Gasteiger partial charge in [0.1, 0.15) is 0 Å². The Morgan fingerprint density at radius 1 is 1.41 bits per heavy atom. The van der Waals surface area contributed by atoms with Crippen LogP contribution in [0.1, 0.15) is 19.8 Å². The molecule has 0 bridgehead atoms. The van der Waals surface area contributed by atoms with Gasteiger partial charge in [-0.25, -0.2) is 0 Å². The number of ether oxygens (including phenoxy) is 1. The monoisotopic (exact) mass is 324 g/mol. The SMILES string of the molecule is CCOCCCNC(=O)C1CC(=O)N(c2ccc(Cl)cc2)C1. The summed E-state index contributed by atoms with van der Waals surface area (Å²) in [5.41, 5.74) is 0.779. The Hall–Kier alpha value is -1.59. The van der Waals surface area contributed by atoms with Crippen molar-refractivity contribution >= 4 is 29.1 Å². The van der Waals surface area contributed by atoms with Crippen LogP contribution in [0, 0.1) is 5.92 Å². The van der Waals surface area contributed by atoms with Crippen LogP contribution in [-0.2, 0) is 14.3 Å². The number of carbonyl (C=O) groups is 2. The molecule has 1 saturated heterocycles. The summed E-state index contributed by atoms with van der Waals surface area (Å²) in [6, 6.07) is 7.07. The third kappa shape index (κ3) is 4.45. The first-order valence-corrected chi connectivity index (χ1v) is 7.91. The average Bonchev–Trinajstić information content (AvgIpc) is 2.90. The highest BCUT2D eigenvalue weighted by Crippen LogP contribution is 2.26. The van der Waals surface area contributed by atoms with Gasteiger partial charge in [0.15, 0.2) is 0 Å². The molecule has 5 nitrogen and oxygen atoms in total. The topological polar surface area (TPSA) is 58.6 Å². The minimum absolute atomic E-state index is 0.0308. The molecule has 1 heterocycles. The zero-order valence-corrected chi connectivity index (χ0v) is 13.4. The summed E-state index contributed by atoms with van der Waals surface area (Å²) in [5, 5.41) is 3.49. The minimum atomic E-state index is -0.296. The quantitative estimate of drug-likeness (QED) is 0.782. The van der Waals surface area contributed by atoms with Crippen LogP contribution in [0.2, 0.25) is 5.02 Å². The highest BCUT2D eigenvalue weighted by atomic mass is 35.5. The van der Waals surface area contributed by atoms with Crippen LogP contribution >= 0.6 is 11.6 Å². The number of hydrogen-bond acceptors (Lipinski definition) is 3. The molecule has 0 spiro atoms. The van der Waals surface area contributed by atoms with Gasteiger partial charge in [0.2, 0.25) is 11.8 Å². The van der Waals surface area contributed by atoms with Crippen molar-refractivity contribution in [1.82, 2.24) is 5.32 Å². The van der Waals surface area contributed by atoms with E-state index in [-0.39, 0.29) is 24.2 Å². The first-order valence-electron chi connectivity index (χ1n) is 7.53. The number of nitrogens with one attached hydrogen (secondary N) is 1. The van der Waals surface area contributed by atoms with Gasteiger partial charge < -0.3 is 15.0 Å². The van der Waals surface area contributed by atoms with Gasteiger partial charge in [-0.05, 0) is 37.6 Å². The van der Waals surface area contributed by atoms with Crippen LogP contribution in [0.15, 0.2) is 24.3 Å². The van der Waals surface area contributed by atoms with Crippen molar-refractivity contribution in [2.24, 2.45) is 5.92 Å². The summed E-state index contributed by atoms with van der Waals surface area (Å²) in [5.74, 6) is -0.395. The number of hydrogen-bond donors (Lipinski definition) is 1. The summed E-state index contributed by atoms with van der Waals surface area (Å²) in [4.78, 5) is 25.8. The molecule has 0 saturated carbocycles. The molecule has 1 aliphatic heterocycles. The minimum Gasteiger partial charge on any atom is -0.382 e. The number of nitrogens with zero attached hydrogens (tertiary/aromatic N) is 1. The van der Waals surface area contributed by atoms with Gasteiger partial charge >= 0.3 is 0 Å². The molecule has 1 fully saturated rings. The number of benzene rings is 1. The average molecular weight is 325 g/mol. The Morgan fingerprint density at radius 2 is 2.14 bits per heavy atom. The molecule has 0 aliphatic carbocycles. The molecule has 2 amide bonds. The highest BCUT2D eigenvalue weighted by Gasteiger charge is 2.34. The van der Waals surface area contributed by atoms with Crippen LogP contribution in [0.3, 0.4) is 0 Å². The van der Waals surface area contributed by atoms with Crippen LogP contribution < -0.4 is 10.2 Å².